The van der Waals surface area contributed by atoms with Gasteiger partial charge in [0.25, 0.3) is 0 Å². The van der Waals surface area contributed by atoms with Crippen molar-refractivity contribution in [1.29, 1.82) is 0 Å². The molecule has 6 heteroatoms. The summed E-state index contributed by atoms with van der Waals surface area (Å²) in [4.78, 5) is 20.4. The lowest BCUT2D eigenvalue weighted by molar-refractivity contribution is -0.140. The van der Waals surface area contributed by atoms with Gasteiger partial charge in [-0.25, -0.2) is 3.53 Å². The quantitative estimate of drug-likeness (QED) is 0.457. The Morgan fingerprint density at radius 2 is 2.20 bits per heavy atom. The van der Waals surface area contributed by atoms with Gasteiger partial charge in [-0.3, -0.25) is 9.59 Å². The van der Waals surface area contributed by atoms with Crippen molar-refractivity contribution >= 4 is 34.7 Å². The van der Waals surface area contributed by atoms with Crippen LogP contribution in [0.3, 0.4) is 0 Å². The van der Waals surface area contributed by atoms with Crippen LogP contribution in [0.2, 0.25) is 0 Å². The predicted molar refractivity (Wildman–Crippen MR) is 42.4 cm³/mol. The number of carboxylic acids is 1. The van der Waals surface area contributed by atoms with Gasteiger partial charge in [0.05, 0.1) is 6.42 Å². The van der Waals surface area contributed by atoms with Gasteiger partial charge in [-0.05, 0) is 0 Å². The average Bonchev–Trinajstić information content (AvgIpc) is 1.81. The topological polar surface area (TPSA) is 92.4 Å². The largest absolute Gasteiger partial charge is 0.480 e. The summed E-state index contributed by atoms with van der Waals surface area (Å²) in [5.74, 6) is -1.70. The van der Waals surface area contributed by atoms with Crippen molar-refractivity contribution in [2.75, 3.05) is 0 Å². The van der Waals surface area contributed by atoms with Gasteiger partial charge in [0.1, 0.15) is 6.04 Å². The highest BCUT2D eigenvalue weighted by Gasteiger charge is 2.17. The fourth-order valence-electron chi connectivity index (χ4n) is 0.374. The number of carboxylic acid groups (broad SMARTS) is 1. The second kappa shape index (κ2) is 4.45. The fourth-order valence-corrected chi connectivity index (χ4v) is 0.860. The Balaban J connectivity index is 3.83. The first-order valence-electron chi connectivity index (χ1n) is 2.45. The lowest BCUT2D eigenvalue weighted by atomic mass is 10.2. The van der Waals surface area contributed by atoms with E-state index in [1.165, 1.54) is 0 Å². The van der Waals surface area contributed by atoms with Crippen LogP contribution in [0.5, 0.6) is 0 Å². The van der Waals surface area contributed by atoms with Crippen molar-refractivity contribution < 1.29 is 14.7 Å². The molecule has 0 aromatic heterocycles. The van der Waals surface area contributed by atoms with E-state index in [0.717, 1.165) is 0 Å². The molecule has 0 saturated carbocycles. The lowest BCUT2D eigenvalue weighted by Crippen LogP contribution is -2.34. The minimum absolute atomic E-state index is 0.182. The zero-order valence-electron chi connectivity index (χ0n) is 5.00. The number of aliphatic carboxylic acids is 1. The van der Waals surface area contributed by atoms with Crippen LogP contribution in [0.4, 0.5) is 0 Å². The summed E-state index contributed by atoms with van der Waals surface area (Å²) in [7, 11) is 0. The first-order chi connectivity index (χ1) is 4.57. The zero-order chi connectivity index (χ0) is 8.15. The Labute approximate surface area is 71.5 Å². The van der Waals surface area contributed by atoms with Crippen LogP contribution in [0, 0.1) is 0 Å². The van der Waals surface area contributed by atoms with Crippen molar-refractivity contribution in [1.82, 2.24) is 3.53 Å². The Kier molecular flexibility index (Phi) is 4.28. The van der Waals surface area contributed by atoms with Crippen molar-refractivity contribution in [2.45, 2.75) is 12.5 Å². The number of halogens is 1. The molecule has 0 heterocycles. The molecule has 0 fully saturated rings. The maximum atomic E-state index is 10.2. The second-order valence-electron chi connectivity index (χ2n) is 1.67. The molecule has 0 aliphatic heterocycles. The van der Waals surface area contributed by atoms with Gasteiger partial charge in [0.2, 0.25) is 5.91 Å². The van der Waals surface area contributed by atoms with Gasteiger partial charge >= 0.3 is 5.97 Å². The lowest BCUT2D eigenvalue weighted by Gasteiger charge is -2.05. The Morgan fingerprint density at radius 1 is 1.70 bits per heavy atom. The molecule has 0 spiro atoms. The Hall–Kier alpha value is -0.370. The van der Waals surface area contributed by atoms with Gasteiger partial charge in [-0.15, -0.1) is 0 Å². The molecule has 4 N–H and O–H groups in total. The van der Waals surface area contributed by atoms with Gasteiger partial charge in [-0.2, -0.15) is 0 Å². The van der Waals surface area contributed by atoms with E-state index in [1.54, 1.807) is 22.9 Å². The molecular weight excluding hydrogens is 251 g/mol. The normalized spacial score (nSPS) is 12.5. The molecule has 10 heavy (non-hydrogen) atoms. The molecule has 0 aromatic rings. The molecule has 58 valence electrons. The highest BCUT2D eigenvalue weighted by Crippen LogP contribution is 1.93. The number of hydrogen-bond acceptors (Lipinski definition) is 3. The third-order valence-corrected chi connectivity index (χ3v) is 1.59. The molecular formula is C4H7IN2O3. The molecule has 0 radical (unpaired) electrons. The average molecular weight is 258 g/mol. The second-order valence-corrected chi connectivity index (χ2v) is 2.29. The summed E-state index contributed by atoms with van der Waals surface area (Å²) in [5, 5.41) is 8.35. The van der Waals surface area contributed by atoms with Crippen LogP contribution in [0.25, 0.3) is 0 Å². The van der Waals surface area contributed by atoms with Crippen LogP contribution in [0.15, 0.2) is 0 Å². The first-order valence-corrected chi connectivity index (χ1v) is 3.53. The SMILES string of the molecule is NC(=O)C[C@H](NI)C(=O)O. The number of rotatable bonds is 4. The summed E-state index contributed by atoms with van der Waals surface area (Å²) >= 11 is 1.66. The standard InChI is InChI=1S/C4H7IN2O3/c5-7-2(4(9)10)1-3(6)8/h2,7H,1H2,(H2,6,8)(H,9,10)/t2-/m0/s1. The van der Waals surface area contributed by atoms with E-state index in [1.807, 2.05) is 0 Å². The van der Waals surface area contributed by atoms with E-state index in [4.69, 9.17) is 10.8 Å². The summed E-state index contributed by atoms with van der Waals surface area (Å²) in [6, 6.07) is -0.877. The number of primary amides is 1. The molecule has 0 rings (SSSR count). The minimum atomic E-state index is -1.08. The predicted octanol–water partition coefficient (Wildman–Crippen LogP) is -0.745. The maximum Gasteiger partial charge on any atom is 0.321 e. The highest BCUT2D eigenvalue weighted by atomic mass is 127. The van der Waals surface area contributed by atoms with Gasteiger partial charge < -0.3 is 10.8 Å². The molecule has 0 unspecified atom stereocenters. The van der Waals surface area contributed by atoms with E-state index < -0.39 is 17.9 Å². The van der Waals surface area contributed by atoms with E-state index in [0.29, 0.717) is 0 Å². The number of nitrogens with two attached hydrogens (primary N) is 1. The third kappa shape index (κ3) is 3.62. The summed E-state index contributed by atoms with van der Waals surface area (Å²) in [6.07, 6.45) is -0.182. The number of amides is 1. The minimum Gasteiger partial charge on any atom is -0.480 e. The summed E-state index contributed by atoms with van der Waals surface area (Å²) in [5.41, 5.74) is 4.76. The van der Waals surface area contributed by atoms with Gasteiger partial charge in [0.15, 0.2) is 0 Å². The van der Waals surface area contributed by atoms with Crippen LogP contribution >= 0.6 is 22.9 Å². The van der Waals surface area contributed by atoms with Crippen molar-refractivity contribution in [3.8, 4) is 0 Å². The molecule has 0 saturated heterocycles. The number of nitrogens with one attached hydrogen (secondary N) is 1. The Morgan fingerprint density at radius 3 is 2.30 bits per heavy atom. The van der Waals surface area contributed by atoms with E-state index in [2.05, 4.69) is 3.53 Å². The van der Waals surface area contributed by atoms with E-state index in [9.17, 15) is 9.59 Å². The van der Waals surface area contributed by atoms with Crippen molar-refractivity contribution in [2.24, 2.45) is 5.73 Å². The summed E-state index contributed by atoms with van der Waals surface area (Å²) < 4.78 is 2.40. The monoisotopic (exact) mass is 258 g/mol. The molecule has 0 bridgehead atoms. The van der Waals surface area contributed by atoms with E-state index >= 15 is 0 Å². The van der Waals surface area contributed by atoms with Gasteiger partial charge in [0, 0.05) is 22.9 Å². The number of hydrogen-bond donors (Lipinski definition) is 3. The van der Waals surface area contributed by atoms with Crippen LogP contribution in [0.1, 0.15) is 6.42 Å². The molecule has 0 aliphatic carbocycles. The van der Waals surface area contributed by atoms with E-state index in [-0.39, 0.29) is 6.42 Å². The summed E-state index contributed by atoms with van der Waals surface area (Å²) in [6.45, 7) is 0. The van der Waals surface area contributed by atoms with Crippen LogP contribution < -0.4 is 9.26 Å². The Bertz CT molecular complexity index is 149. The fraction of sp³-hybridized carbons (Fsp3) is 0.500. The third-order valence-electron chi connectivity index (χ3n) is 0.835. The van der Waals surface area contributed by atoms with Gasteiger partial charge in [-0.1, -0.05) is 0 Å². The van der Waals surface area contributed by atoms with Crippen molar-refractivity contribution in [3.05, 3.63) is 0 Å². The number of carbonyl (C=O) groups excluding carboxylic acids is 1. The maximum absolute atomic E-state index is 10.2. The smallest absolute Gasteiger partial charge is 0.321 e. The number of carbonyl (C=O) groups is 2. The first kappa shape index (κ1) is 9.63. The molecule has 0 aromatic carbocycles. The molecule has 1 amide bonds. The highest BCUT2D eigenvalue weighted by molar-refractivity contribution is 14.1. The molecule has 5 nitrogen and oxygen atoms in total. The molecule has 0 aliphatic rings. The van der Waals surface area contributed by atoms with Crippen molar-refractivity contribution in [3.63, 3.8) is 0 Å². The van der Waals surface area contributed by atoms with Crippen LogP contribution in [-0.2, 0) is 9.59 Å². The molecule has 1 atom stereocenters. The van der Waals surface area contributed by atoms with Crippen LogP contribution in [-0.4, -0.2) is 23.0 Å². The zero-order valence-corrected chi connectivity index (χ0v) is 7.16.